The monoisotopic (exact) mass is 313 g/mol. The molecule has 1 aliphatic heterocycles. The molecule has 4 nitrogen and oxygen atoms in total. The van der Waals surface area contributed by atoms with E-state index in [0.29, 0.717) is 5.02 Å². The van der Waals surface area contributed by atoms with Crippen LogP contribution < -0.4 is 4.74 Å². The molecular formula is C17H16ClN3O. The second-order valence-electron chi connectivity index (χ2n) is 5.64. The molecule has 0 aliphatic carbocycles. The summed E-state index contributed by atoms with van der Waals surface area (Å²) in [7, 11) is 0. The molecule has 0 unspecified atom stereocenters. The van der Waals surface area contributed by atoms with Gasteiger partial charge in [0.25, 0.3) is 0 Å². The minimum atomic E-state index is 0.236. The highest BCUT2D eigenvalue weighted by Gasteiger charge is 2.28. The first kappa shape index (κ1) is 13.6. The van der Waals surface area contributed by atoms with Crippen LogP contribution in [0, 0.1) is 0 Å². The zero-order valence-electron chi connectivity index (χ0n) is 12.0. The number of ether oxygens (including phenoxy) is 1. The summed E-state index contributed by atoms with van der Waals surface area (Å²) in [5.41, 5.74) is 2.40. The zero-order chi connectivity index (χ0) is 14.9. The Morgan fingerprint density at radius 2 is 2.09 bits per heavy atom. The van der Waals surface area contributed by atoms with Crippen LogP contribution in [0.1, 0.15) is 5.56 Å². The predicted molar refractivity (Wildman–Crippen MR) is 87.2 cm³/mol. The number of hydrogen-bond acceptors (Lipinski definition) is 3. The number of aromatic amines is 1. The summed E-state index contributed by atoms with van der Waals surface area (Å²) in [6.07, 6.45) is 2.10. The van der Waals surface area contributed by atoms with E-state index in [0.717, 1.165) is 36.3 Å². The maximum absolute atomic E-state index is 5.97. The Hall–Kier alpha value is -2.04. The smallest absolute Gasteiger partial charge is 0.124 e. The number of nitrogens with zero attached hydrogens (tertiary/aromatic N) is 2. The highest BCUT2D eigenvalue weighted by atomic mass is 35.5. The van der Waals surface area contributed by atoms with Crippen LogP contribution in [0.15, 0.2) is 48.7 Å². The van der Waals surface area contributed by atoms with Crippen LogP contribution in [0.25, 0.3) is 10.9 Å². The van der Waals surface area contributed by atoms with Gasteiger partial charge in [-0.2, -0.15) is 5.10 Å². The van der Waals surface area contributed by atoms with Gasteiger partial charge in [-0.3, -0.25) is 10.00 Å². The molecule has 5 heteroatoms. The van der Waals surface area contributed by atoms with Crippen LogP contribution in [0.5, 0.6) is 5.75 Å². The topological polar surface area (TPSA) is 41.1 Å². The Bertz CT molecular complexity index is 795. The third kappa shape index (κ3) is 2.67. The van der Waals surface area contributed by atoms with Gasteiger partial charge in [0.2, 0.25) is 0 Å². The first-order valence-corrected chi connectivity index (χ1v) is 7.71. The van der Waals surface area contributed by atoms with E-state index in [-0.39, 0.29) is 6.10 Å². The normalized spacial score (nSPS) is 15.9. The molecule has 0 amide bonds. The van der Waals surface area contributed by atoms with Crippen LogP contribution in [0.4, 0.5) is 0 Å². The molecule has 0 spiro atoms. The van der Waals surface area contributed by atoms with Crippen molar-refractivity contribution in [2.75, 3.05) is 13.1 Å². The average Bonchev–Trinajstić information content (AvgIpc) is 2.94. The number of hydrogen-bond donors (Lipinski definition) is 1. The number of para-hydroxylation sites is 1. The van der Waals surface area contributed by atoms with Crippen LogP contribution in [-0.2, 0) is 6.54 Å². The molecule has 1 aromatic heterocycles. The molecule has 3 aromatic rings. The molecule has 0 saturated carbocycles. The van der Waals surface area contributed by atoms with Gasteiger partial charge in [-0.1, -0.05) is 35.9 Å². The second kappa shape index (κ2) is 5.63. The number of nitrogens with one attached hydrogen (secondary N) is 1. The van der Waals surface area contributed by atoms with Crippen LogP contribution in [-0.4, -0.2) is 34.3 Å². The average molecular weight is 314 g/mol. The lowest BCUT2D eigenvalue weighted by molar-refractivity contribution is 0.0148. The molecule has 1 aliphatic rings. The Morgan fingerprint density at radius 1 is 1.23 bits per heavy atom. The van der Waals surface area contributed by atoms with Gasteiger partial charge in [0, 0.05) is 30.0 Å². The van der Waals surface area contributed by atoms with Crippen molar-refractivity contribution in [2.45, 2.75) is 12.6 Å². The minimum absolute atomic E-state index is 0.236. The molecule has 2 aromatic carbocycles. The van der Waals surface area contributed by atoms with Crippen molar-refractivity contribution in [1.29, 1.82) is 0 Å². The third-order valence-electron chi connectivity index (χ3n) is 3.98. The highest BCUT2D eigenvalue weighted by molar-refractivity contribution is 6.30. The Balaban J connectivity index is 1.37. The Morgan fingerprint density at radius 3 is 2.95 bits per heavy atom. The maximum Gasteiger partial charge on any atom is 0.124 e. The molecule has 0 radical (unpaired) electrons. The number of aromatic nitrogens is 2. The van der Waals surface area contributed by atoms with Crippen molar-refractivity contribution >= 4 is 22.5 Å². The number of likely N-dealkylation sites (tertiary alicyclic amines) is 1. The summed E-state index contributed by atoms with van der Waals surface area (Å²) >= 11 is 5.97. The maximum atomic E-state index is 5.97. The van der Waals surface area contributed by atoms with Gasteiger partial charge in [0.1, 0.15) is 11.9 Å². The summed E-state index contributed by atoms with van der Waals surface area (Å²) in [5, 5.41) is 9.05. The summed E-state index contributed by atoms with van der Waals surface area (Å²) in [6, 6.07) is 13.9. The second-order valence-corrected chi connectivity index (χ2v) is 6.08. The predicted octanol–water partition coefficient (Wildman–Crippen LogP) is 3.48. The largest absolute Gasteiger partial charge is 0.488 e. The number of H-pyrrole nitrogens is 1. The summed E-state index contributed by atoms with van der Waals surface area (Å²) in [4.78, 5) is 2.37. The van der Waals surface area contributed by atoms with Crippen LogP contribution in [0.3, 0.4) is 0 Å². The van der Waals surface area contributed by atoms with Crippen LogP contribution >= 0.6 is 11.6 Å². The Kier molecular flexibility index (Phi) is 3.48. The molecule has 1 N–H and O–H groups in total. The van der Waals surface area contributed by atoms with Crippen molar-refractivity contribution in [3.63, 3.8) is 0 Å². The van der Waals surface area contributed by atoms with Gasteiger partial charge in [-0.25, -0.2) is 0 Å². The lowest BCUT2D eigenvalue weighted by Crippen LogP contribution is -2.53. The van der Waals surface area contributed by atoms with Gasteiger partial charge in [-0.15, -0.1) is 0 Å². The summed E-state index contributed by atoms with van der Waals surface area (Å²) in [6.45, 7) is 2.77. The third-order valence-corrected chi connectivity index (χ3v) is 4.21. The summed E-state index contributed by atoms with van der Waals surface area (Å²) in [5.74, 6) is 0.841. The molecule has 0 bridgehead atoms. The van der Waals surface area contributed by atoms with E-state index in [9.17, 15) is 0 Å². The van der Waals surface area contributed by atoms with Crippen molar-refractivity contribution in [2.24, 2.45) is 0 Å². The minimum Gasteiger partial charge on any atom is -0.488 e. The molecule has 112 valence electrons. The van der Waals surface area contributed by atoms with E-state index < -0.39 is 0 Å². The first-order valence-electron chi connectivity index (χ1n) is 7.33. The molecule has 0 atom stereocenters. The highest BCUT2D eigenvalue weighted by Crippen LogP contribution is 2.24. The fraction of sp³-hybridized carbons (Fsp3) is 0.235. The first-order chi connectivity index (χ1) is 10.8. The lowest BCUT2D eigenvalue weighted by Gasteiger charge is -2.39. The molecule has 22 heavy (non-hydrogen) atoms. The van der Waals surface area contributed by atoms with Crippen LogP contribution in [0.2, 0.25) is 5.02 Å². The molecule has 1 saturated heterocycles. The van der Waals surface area contributed by atoms with Gasteiger partial charge in [0.15, 0.2) is 0 Å². The van der Waals surface area contributed by atoms with Crippen molar-refractivity contribution in [3.8, 4) is 5.75 Å². The van der Waals surface area contributed by atoms with Gasteiger partial charge in [0.05, 0.1) is 11.7 Å². The molecule has 1 fully saturated rings. The number of halogens is 1. The van der Waals surface area contributed by atoms with E-state index in [1.807, 2.05) is 30.5 Å². The van der Waals surface area contributed by atoms with Crippen molar-refractivity contribution in [3.05, 3.63) is 59.2 Å². The summed E-state index contributed by atoms with van der Waals surface area (Å²) < 4.78 is 5.93. The molecule has 4 rings (SSSR count). The number of fused-ring (bicyclic) bond motifs is 1. The number of rotatable bonds is 4. The SMILES string of the molecule is Clc1cccc(OC2CN(Cc3cccc4cn[nH]c34)C2)c1. The Labute approximate surface area is 133 Å². The standard InChI is InChI=1S/C17H16ClN3O/c18-14-5-2-6-15(7-14)22-16-10-21(11-16)9-13-4-1-3-12-8-19-20-17(12)13/h1-8,16H,9-11H2,(H,19,20). The zero-order valence-corrected chi connectivity index (χ0v) is 12.8. The van der Waals surface area contributed by atoms with Gasteiger partial charge in [-0.05, 0) is 23.8 Å². The fourth-order valence-corrected chi connectivity index (χ4v) is 3.04. The number of benzene rings is 2. The van der Waals surface area contributed by atoms with E-state index in [1.54, 1.807) is 0 Å². The van der Waals surface area contributed by atoms with E-state index >= 15 is 0 Å². The quantitative estimate of drug-likeness (QED) is 0.801. The van der Waals surface area contributed by atoms with Gasteiger partial charge >= 0.3 is 0 Å². The van der Waals surface area contributed by atoms with Crippen molar-refractivity contribution in [1.82, 2.24) is 15.1 Å². The fourth-order valence-electron chi connectivity index (χ4n) is 2.86. The van der Waals surface area contributed by atoms with Gasteiger partial charge < -0.3 is 4.74 Å². The van der Waals surface area contributed by atoms with E-state index in [2.05, 4.69) is 33.3 Å². The molecule has 2 heterocycles. The lowest BCUT2D eigenvalue weighted by atomic mass is 10.1. The van der Waals surface area contributed by atoms with Crippen molar-refractivity contribution < 1.29 is 4.74 Å². The molecular weight excluding hydrogens is 298 g/mol. The van der Waals surface area contributed by atoms with E-state index in [4.69, 9.17) is 16.3 Å². The van der Waals surface area contributed by atoms with E-state index in [1.165, 1.54) is 5.56 Å².